The molecule has 8 heteroatoms. The van der Waals surface area contributed by atoms with Crippen LogP contribution in [0.4, 0.5) is 4.39 Å². The molecule has 0 saturated heterocycles. The van der Waals surface area contributed by atoms with E-state index in [-0.39, 0.29) is 23.8 Å². The fourth-order valence-electron chi connectivity index (χ4n) is 1.54. The van der Waals surface area contributed by atoms with Gasteiger partial charge in [-0.2, -0.15) is 0 Å². The molecule has 108 valence electrons. The first-order chi connectivity index (χ1) is 9.42. The largest absolute Gasteiger partial charge is 0.326 e. The molecule has 0 atom stereocenters. The zero-order valence-electron chi connectivity index (χ0n) is 10.3. The lowest BCUT2D eigenvalue weighted by atomic mass is 10.2. The highest BCUT2D eigenvalue weighted by atomic mass is 79.9. The van der Waals surface area contributed by atoms with E-state index in [4.69, 9.17) is 5.73 Å². The number of thiophene rings is 1. The smallest absolute Gasteiger partial charge is 0.242 e. The summed E-state index contributed by atoms with van der Waals surface area (Å²) in [4.78, 5) is 0.948. The van der Waals surface area contributed by atoms with Gasteiger partial charge in [0.25, 0.3) is 0 Å². The molecular weight excluding hydrogens is 367 g/mol. The Morgan fingerprint density at radius 3 is 2.50 bits per heavy atom. The van der Waals surface area contributed by atoms with E-state index in [1.165, 1.54) is 35.6 Å². The molecule has 3 N–H and O–H groups in total. The number of nitrogens with two attached hydrogens (primary N) is 1. The first-order valence-electron chi connectivity index (χ1n) is 5.65. The maximum absolute atomic E-state index is 12.8. The number of halogens is 2. The third-order valence-electron chi connectivity index (χ3n) is 2.58. The highest BCUT2D eigenvalue weighted by molar-refractivity contribution is 9.11. The van der Waals surface area contributed by atoms with Gasteiger partial charge in [0.1, 0.15) is 10.7 Å². The molecular formula is C12H12BrFN2O2S2. The van der Waals surface area contributed by atoms with Crippen molar-refractivity contribution >= 4 is 37.3 Å². The van der Waals surface area contributed by atoms with Crippen molar-refractivity contribution in [3.05, 3.63) is 50.4 Å². The molecule has 2 aromatic rings. The minimum Gasteiger partial charge on any atom is -0.326 e. The van der Waals surface area contributed by atoms with Crippen molar-refractivity contribution in [2.45, 2.75) is 18.0 Å². The van der Waals surface area contributed by atoms with Crippen LogP contribution in [0.15, 0.2) is 39.0 Å². The number of sulfonamides is 1. The van der Waals surface area contributed by atoms with E-state index >= 15 is 0 Å². The van der Waals surface area contributed by atoms with E-state index < -0.39 is 10.0 Å². The maximum atomic E-state index is 12.8. The van der Waals surface area contributed by atoms with Gasteiger partial charge in [-0.05, 0) is 39.7 Å². The molecule has 0 aliphatic rings. The first kappa shape index (κ1) is 15.6. The second-order valence-corrected chi connectivity index (χ2v) is 8.20. The van der Waals surface area contributed by atoms with Gasteiger partial charge in [0.2, 0.25) is 10.0 Å². The van der Waals surface area contributed by atoms with Crippen molar-refractivity contribution in [3.63, 3.8) is 0 Å². The van der Waals surface area contributed by atoms with Crippen molar-refractivity contribution < 1.29 is 12.8 Å². The van der Waals surface area contributed by atoms with E-state index in [9.17, 15) is 12.8 Å². The predicted molar refractivity (Wildman–Crippen MR) is 80.3 cm³/mol. The fourth-order valence-corrected chi connectivity index (χ4v) is 5.12. The number of benzene rings is 1. The second-order valence-electron chi connectivity index (χ2n) is 4.01. The van der Waals surface area contributed by atoms with Crippen LogP contribution in [-0.2, 0) is 23.1 Å². The summed E-state index contributed by atoms with van der Waals surface area (Å²) in [6.07, 6.45) is 0. The zero-order valence-corrected chi connectivity index (χ0v) is 13.5. The van der Waals surface area contributed by atoms with Crippen LogP contribution in [0.3, 0.4) is 0 Å². The average molecular weight is 379 g/mol. The maximum Gasteiger partial charge on any atom is 0.242 e. The van der Waals surface area contributed by atoms with Crippen LogP contribution in [0.2, 0.25) is 0 Å². The topological polar surface area (TPSA) is 72.2 Å². The Labute approximate surface area is 129 Å². The van der Waals surface area contributed by atoms with Gasteiger partial charge in [-0.25, -0.2) is 17.5 Å². The van der Waals surface area contributed by atoms with Crippen LogP contribution < -0.4 is 10.5 Å². The summed E-state index contributed by atoms with van der Waals surface area (Å²) in [7, 11) is -3.62. The van der Waals surface area contributed by atoms with Gasteiger partial charge in [-0.1, -0.05) is 12.1 Å². The second kappa shape index (κ2) is 6.31. The number of hydrogen-bond acceptors (Lipinski definition) is 4. The summed E-state index contributed by atoms with van der Waals surface area (Å²) in [5.41, 5.74) is 6.17. The summed E-state index contributed by atoms with van der Waals surface area (Å²) < 4.78 is 40.1. The van der Waals surface area contributed by atoms with Crippen LogP contribution in [0.1, 0.15) is 10.4 Å². The normalized spacial score (nSPS) is 11.8. The Morgan fingerprint density at radius 2 is 1.95 bits per heavy atom. The van der Waals surface area contributed by atoms with Crippen molar-refractivity contribution in [3.8, 4) is 0 Å². The van der Waals surface area contributed by atoms with Gasteiger partial charge in [-0.3, -0.25) is 0 Å². The minimum absolute atomic E-state index is 0.100. The highest BCUT2D eigenvalue weighted by Gasteiger charge is 2.20. The minimum atomic E-state index is -3.62. The molecule has 1 aromatic carbocycles. The highest BCUT2D eigenvalue weighted by Crippen LogP contribution is 2.31. The van der Waals surface area contributed by atoms with Gasteiger partial charge in [0.15, 0.2) is 0 Å². The first-order valence-corrected chi connectivity index (χ1v) is 8.74. The number of hydrogen-bond donors (Lipinski definition) is 2. The Hall–Kier alpha value is -0.800. The van der Waals surface area contributed by atoms with Crippen molar-refractivity contribution in [1.29, 1.82) is 0 Å². The molecule has 0 unspecified atom stereocenters. The van der Waals surface area contributed by atoms with Gasteiger partial charge >= 0.3 is 0 Å². The summed E-state index contributed by atoms with van der Waals surface area (Å²) in [5.74, 6) is -0.357. The Kier molecular flexibility index (Phi) is 4.92. The van der Waals surface area contributed by atoms with Gasteiger partial charge in [0.05, 0.1) is 3.79 Å². The molecule has 0 aliphatic heterocycles. The van der Waals surface area contributed by atoms with Crippen LogP contribution in [-0.4, -0.2) is 8.42 Å². The quantitative estimate of drug-likeness (QED) is 0.839. The number of nitrogens with one attached hydrogen (secondary N) is 1. The Bertz CT molecular complexity index is 699. The summed E-state index contributed by atoms with van der Waals surface area (Å²) in [6, 6.07) is 7.19. The van der Waals surface area contributed by atoms with Gasteiger partial charge < -0.3 is 5.73 Å². The zero-order chi connectivity index (χ0) is 14.8. The van der Waals surface area contributed by atoms with E-state index in [0.29, 0.717) is 9.35 Å². The summed E-state index contributed by atoms with van der Waals surface area (Å²) in [5, 5.41) is 0. The van der Waals surface area contributed by atoms with Gasteiger partial charge in [-0.15, -0.1) is 11.3 Å². The van der Waals surface area contributed by atoms with Gasteiger partial charge in [0, 0.05) is 18.0 Å². The molecule has 4 nitrogen and oxygen atoms in total. The molecule has 1 heterocycles. The SMILES string of the molecule is NCc1cc(S(=O)(=O)NCc2ccc(F)cc2)c(Br)s1. The standard InChI is InChI=1S/C12H12BrFN2O2S2/c13-12-11(5-10(6-15)19-12)20(17,18)16-7-8-1-3-9(14)4-2-8/h1-5,16H,6-7,15H2. The van der Waals surface area contributed by atoms with Crippen molar-refractivity contribution in [2.24, 2.45) is 5.73 Å². The monoisotopic (exact) mass is 378 g/mol. The fraction of sp³-hybridized carbons (Fsp3) is 0.167. The third-order valence-corrected chi connectivity index (χ3v) is 6.25. The molecule has 0 spiro atoms. The lowest BCUT2D eigenvalue weighted by Gasteiger charge is -2.06. The van der Waals surface area contributed by atoms with Crippen LogP contribution in [0.5, 0.6) is 0 Å². The van der Waals surface area contributed by atoms with E-state index in [0.717, 1.165) is 4.88 Å². The lowest BCUT2D eigenvalue weighted by molar-refractivity contribution is 0.581. The molecule has 0 bridgehead atoms. The summed E-state index contributed by atoms with van der Waals surface area (Å²) >= 11 is 4.51. The van der Waals surface area contributed by atoms with E-state index in [1.54, 1.807) is 6.07 Å². The summed E-state index contributed by atoms with van der Waals surface area (Å²) in [6.45, 7) is 0.388. The molecule has 20 heavy (non-hydrogen) atoms. The number of rotatable bonds is 5. The lowest BCUT2D eigenvalue weighted by Crippen LogP contribution is -2.23. The van der Waals surface area contributed by atoms with E-state index in [2.05, 4.69) is 20.7 Å². The van der Waals surface area contributed by atoms with Crippen LogP contribution in [0.25, 0.3) is 0 Å². The van der Waals surface area contributed by atoms with Crippen molar-refractivity contribution in [1.82, 2.24) is 4.72 Å². The predicted octanol–water partition coefficient (Wildman–Crippen LogP) is 2.59. The van der Waals surface area contributed by atoms with Crippen LogP contribution in [0, 0.1) is 5.82 Å². The molecule has 2 rings (SSSR count). The molecule has 0 fully saturated rings. The van der Waals surface area contributed by atoms with E-state index in [1.807, 2.05) is 0 Å². The molecule has 0 radical (unpaired) electrons. The third kappa shape index (κ3) is 3.64. The van der Waals surface area contributed by atoms with Crippen molar-refractivity contribution in [2.75, 3.05) is 0 Å². The Balaban J connectivity index is 2.14. The Morgan fingerprint density at radius 1 is 1.30 bits per heavy atom. The average Bonchev–Trinajstić information content (AvgIpc) is 2.80. The van der Waals surface area contributed by atoms with Crippen LogP contribution >= 0.6 is 27.3 Å². The molecule has 1 aromatic heterocycles. The molecule has 0 aliphatic carbocycles. The molecule has 0 saturated carbocycles. The molecule has 0 amide bonds.